The third-order valence-corrected chi connectivity index (χ3v) is 3.53. The van der Waals surface area contributed by atoms with Gasteiger partial charge < -0.3 is 10.0 Å². The predicted octanol–water partition coefficient (Wildman–Crippen LogP) is 2.40. The molecule has 2 rings (SSSR count). The summed E-state index contributed by atoms with van der Waals surface area (Å²) in [6, 6.07) is 8.09. The Labute approximate surface area is 108 Å². The van der Waals surface area contributed by atoms with Crippen LogP contribution in [0.4, 0.5) is 0 Å². The van der Waals surface area contributed by atoms with E-state index >= 15 is 0 Å². The highest BCUT2D eigenvalue weighted by Crippen LogP contribution is 2.21. The van der Waals surface area contributed by atoms with E-state index < -0.39 is 6.10 Å². The molecule has 17 heavy (non-hydrogen) atoms. The molecule has 1 N–H and O–H groups in total. The van der Waals surface area contributed by atoms with Crippen LogP contribution in [0.5, 0.6) is 0 Å². The molecule has 0 saturated carbocycles. The van der Waals surface area contributed by atoms with Gasteiger partial charge in [-0.05, 0) is 49.9 Å². The highest BCUT2D eigenvalue weighted by molar-refractivity contribution is 6.30. The van der Waals surface area contributed by atoms with Gasteiger partial charge >= 0.3 is 0 Å². The van der Waals surface area contributed by atoms with Crippen molar-refractivity contribution in [3.8, 4) is 0 Å². The van der Waals surface area contributed by atoms with E-state index in [0.717, 1.165) is 24.5 Å². The zero-order valence-electron chi connectivity index (χ0n) is 9.98. The summed E-state index contributed by atoms with van der Waals surface area (Å²) in [6.45, 7) is 6.45. The molecular formula is C14H19ClNO. The van der Waals surface area contributed by atoms with Crippen LogP contribution in [0.2, 0.25) is 5.02 Å². The lowest BCUT2D eigenvalue weighted by molar-refractivity contribution is 0.159. The van der Waals surface area contributed by atoms with Crippen molar-refractivity contribution < 1.29 is 5.11 Å². The van der Waals surface area contributed by atoms with E-state index in [1.54, 1.807) is 0 Å². The van der Waals surface area contributed by atoms with Crippen molar-refractivity contribution in [3.63, 3.8) is 0 Å². The van der Waals surface area contributed by atoms with Gasteiger partial charge in [-0.3, -0.25) is 0 Å². The van der Waals surface area contributed by atoms with Crippen molar-refractivity contribution >= 4 is 11.6 Å². The molecule has 2 atom stereocenters. The van der Waals surface area contributed by atoms with Crippen molar-refractivity contribution in [2.75, 3.05) is 19.6 Å². The van der Waals surface area contributed by atoms with Gasteiger partial charge in [-0.2, -0.15) is 0 Å². The fraction of sp³-hybridized carbons (Fsp3) is 0.500. The molecule has 1 aliphatic rings. The summed E-state index contributed by atoms with van der Waals surface area (Å²) < 4.78 is 0. The first kappa shape index (κ1) is 12.9. The number of rotatable bonds is 4. The van der Waals surface area contributed by atoms with Crippen LogP contribution in [0.15, 0.2) is 24.3 Å². The van der Waals surface area contributed by atoms with Crippen LogP contribution in [-0.4, -0.2) is 35.7 Å². The summed E-state index contributed by atoms with van der Waals surface area (Å²) in [4.78, 5) is 2.29. The van der Waals surface area contributed by atoms with Crippen molar-refractivity contribution in [2.24, 2.45) is 5.92 Å². The number of aliphatic hydroxyl groups is 1. The van der Waals surface area contributed by atoms with Crippen molar-refractivity contribution in [2.45, 2.75) is 18.9 Å². The van der Waals surface area contributed by atoms with Crippen LogP contribution in [0.25, 0.3) is 0 Å². The summed E-state index contributed by atoms with van der Waals surface area (Å²) in [7, 11) is 0. The molecule has 0 aliphatic carbocycles. The van der Waals surface area contributed by atoms with Crippen LogP contribution < -0.4 is 0 Å². The summed E-state index contributed by atoms with van der Waals surface area (Å²) in [5.74, 6) is 0.690. The number of hydrogen-bond acceptors (Lipinski definition) is 2. The molecule has 1 aromatic rings. The second-order valence-corrected chi connectivity index (χ2v) is 5.34. The Morgan fingerprint density at radius 2 is 2.12 bits per heavy atom. The molecule has 0 bridgehead atoms. The minimum absolute atomic E-state index is 0.468. The molecule has 2 nitrogen and oxygen atoms in total. The van der Waals surface area contributed by atoms with Gasteiger partial charge in [0.1, 0.15) is 0 Å². The highest BCUT2D eigenvalue weighted by Gasteiger charge is 2.23. The Bertz CT molecular complexity index is 350. The van der Waals surface area contributed by atoms with Crippen molar-refractivity contribution in [3.05, 3.63) is 41.8 Å². The number of benzene rings is 1. The second kappa shape index (κ2) is 5.85. The maximum absolute atomic E-state index is 9.25. The molecule has 1 radical (unpaired) electrons. The molecule has 3 heteroatoms. The van der Waals surface area contributed by atoms with Gasteiger partial charge in [0.05, 0.1) is 6.10 Å². The normalized spacial score (nSPS) is 22.9. The Kier molecular flexibility index (Phi) is 4.43. The zero-order chi connectivity index (χ0) is 12.3. The molecule has 1 aliphatic heterocycles. The molecule has 93 valence electrons. The van der Waals surface area contributed by atoms with Gasteiger partial charge in [0.2, 0.25) is 0 Å². The number of halogens is 1. The topological polar surface area (TPSA) is 23.5 Å². The van der Waals surface area contributed by atoms with Crippen LogP contribution in [0, 0.1) is 12.8 Å². The maximum atomic E-state index is 9.25. The summed E-state index contributed by atoms with van der Waals surface area (Å²) in [6.07, 6.45) is 1.83. The van der Waals surface area contributed by atoms with Gasteiger partial charge in [-0.1, -0.05) is 23.7 Å². The monoisotopic (exact) mass is 252 g/mol. The first-order valence-electron chi connectivity index (χ1n) is 6.11. The van der Waals surface area contributed by atoms with Gasteiger partial charge in [0.25, 0.3) is 0 Å². The average Bonchev–Trinajstić information content (AvgIpc) is 2.68. The van der Waals surface area contributed by atoms with Crippen LogP contribution in [0.1, 0.15) is 12.0 Å². The predicted molar refractivity (Wildman–Crippen MR) is 71.1 cm³/mol. The second-order valence-electron chi connectivity index (χ2n) is 4.90. The van der Waals surface area contributed by atoms with E-state index in [9.17, 15) is 5.11 Å². The van der Waals surface area contributed by atoms with E-state index in [-0.39, 0.29) is 0 Å². The van der Waals surface area contributed by atoms with E-state index in [0.29, 0.717) is 12.5 Å². The van der Waals surface area contributed by atoms with E-state index in [2.05, 4.69) is 24.0 Å². The number of β-amino-alcohol motifs (C(OH)–C–C–N with tert-alkyl or cyclic N) is 1. The fourth-order valence-corrected chi connectivity index (χ4v) is 2.62. The van der Waals surface area contributed by atoms with Crippen molar-refractivity contribution in [1.29, 1.82) is 0 Å². The minimum Gasteiger partial charge on any atom is -0.392 e. The molecule has 1 saturated heterocycles. The Morgan fingerprint density at radius 1 is 1.41 bits per heavy atom. The van der Waals surface area contributed by atoms with E-state index in [1.807, 2.05) is 12.1 Å². The highest BCUT2D eigenvalue weighted by atomic mass is 35.5. The summed E-state index contributed by atoms with van der Waals surface area (Å²) in [5.41, 5.74) is 1.34. The lowest BCUT2D eigenvalue weighted by Crippen LogP contribution is -2.29. The van der Waals surface area contributed by atoms with E-state index in [4.69, 9.17) is 11.6 Å². The van der Waals surface area contributed by atoms with E-state index in [1.165, 1.54) is 12.0 Å². The smallest absolute Gasteiger partial charge is 0.0668 e. The molecule has 0 amide bonds. The minimum atomic E-state index is -0.468. The quantitative estimate of drug-likeness (QED) is 0.890. The number of hydrogen-bond donors (Lipinski definition) is 1. The third kappa shape index (κ3) is 3.98. The van der Waals surface area contributed by atoms with Gasteiger partial charge in [0, 0.05) is 18.1 Å². The van der Waals surface area contributed by atoms with Crippen LogP contribution >= 0.6 is 11.6 Å². The Balaban J connectivity index is 1.83. The molecule has 1 fully saturated rings. The average molecular weight is 253 g/mol. The van der Waals surface area contributed by atoms with Gasteiger partial charge in [-0.15, -0.1) is 0 Å². The molecule has 0 unspecified atom stereocenters. The van der Waals surface area contributed by atoms with Gasteiger partial charge in [0.15, 0.2) is 0 Å². The summed E-state index contributed by atoms with van der Waals surface area (Å²) in [5, 5.41) is 10.0. The van der Waals surface area contributed by atoms with Crippen molar-refractivity contribution in [1.82, 2.24) is 4.90 Å². The fourth-order valence-electron chi connectivity index (χ4n) is 2.50. The first-order chi connectivity index (χ1) is 8.13. The zero-order valence-corrected chi connectivity index (χ0v) is 10.7. The third-order valence-electron chi connectivity index (χ3n) is 3.28. The Morgan fingerprint density at radius 3 is 2.76 bits per heavy atom. The number of nitrogens with zero attached hydrogens (tertiary/aromatic N) is 1. The first-order valence-corrected chi connectivity index (χ1v) is 6.49. The maximum Gasteiger partial charge on any atom is 0.0668 e. The van der Waals surface area contributed by atoms with Gasteiger partial charge in [-0.25, -0.2) is 0 Å². The molecule has 0 spiro atoms. The Hall–Kier alpha value is -0.570. The molecule has 1 heterocycles. The molecule has 0 aromatic heterocycles. The standard InChI is InChI=1S/C14H19ClNO/c1-11(17)9-16-7-6-13(10-16)8-12-2-4-14(15)5-3-12/h2-5,11,13,17H,1,6-10H2/t11-,13-/m0/s1. The van der Waals surface area contributed by atoms with Crippen LogP contribution in [0.3, 0.4) is 0 Å². The lowest BCUT2D eigenvalue weighted by Gasteiger charge is -2.17. The van der Waals surface area contributed by atoms with Crippen LogP contribution in [-0.2, 0) is 6.42 Å². The lowest BCUT2D eigenvalue weighted by atomic mass is 9.99. The molecular weight excluding hydrogens is 234 g/mol. The largest absolute Gasteiger partial charge is 0.392 e. The number of likely N-dealkylation sites (tertiary alicyclic amines) is 1. The SMILES string of the molecule is [CH2][C@H](O)CN1CC[C@@H](Cc2ccc(Cl)cc2)C1. The summed E-state index contributed by atoms with van der Waals surface area (Å²) >= 11 is 5.87. The molecule has 1 aromatic carbocycles. The number of aliphatic hydroxyl groups excluding tert-OH is 1.